The van der Waals surface area contributed by atoms with Crippen molar-refractivity contribution in [2.75, 3.05) is 12.5 Å². The summed E-state index contributed by atoms with van der Waals surface area (Å²) in [7, 11) is 1.58. The quantitative estimate of drug-likeness (QED) is 0.722. The summed E-state index contributed by atoms with van der Waals surface area (Å²) in [6.45, 7) is 0. The normalized spacial score (nSPS) is 17.3. The molecule has 5 heteroatoms. The first-order valence-electron chi connectivity index (χ1n) is 7.03. The van der Waals surface area contributed by atoms with Gasteiger partial charge in [-0.05, 0) is 25.0 Å². The summed E-state index contributed by atoms with van der Waals surface area (Å²) in [5.41, 5.74) is 5.30. The standard InChI is InChI=1S/C15H22N2O3/c1-20-13-8-4-3-7-12(13)16-17-14(18)11-15(19)9-5-2-6-10-15/h3-4,7-8,16,19H,2,5-6,9-11H2,1H3,(H,17,18). The third kappa shape index (κ3) is 3.87. The zero-order valence-corrected chi connectivity index (χ0v) is 11.8. The highest BCUT2D eigenvalue weighted by molar-refractivity contribution is 5.79. The Bertz CT molecular complexity index is 456. The number of carbonyl (C=O) groups is 1. The van der Waals surface area contributed by atoms with Crippen molar-refractivity contribution in [1.29, 1.82) is 0 Å². The van der Waals surface area contributed by atoms with Crippen LogP contribution < -0.4 is 15.6 Å². The predicted octanol–water partition coefficient (Wildman–Crippen LogP) is 2.22. The average molecular weight is 278 g/mol. The van der Waals surface area contributed by atoms with Gasteiger partial charge in [0, 0.05) is 0 Å². The van der Waals surface area contributed by atoms with Crippen LogP contribution in [-0.4, -0.2) is 23.7 Å². The molecular weight excluding hydrogens is 256 g/mol. The minimum atomic E-state index is -0.842. The van der Waals surface area contributed by atoms with Gasteiger partial charge in [0.05, 0.1) is 24.8 Å². The summed E-state index contributed by atoms with van der Waals surface area (Å²) in [5, 5.41) is 10.3. The van der Waals surface area contributed by atoms with Gasteiger partial charge in [-0.3, -0.25) is 15.6 Å². The van der Waals surface area contributed by atoms with Crippen LogP contribution in [0, 0.1) is 0 Å². The van der Waals surface area contributed by atoms with Gasteiger partial charge < -0.3 is 9.84 Å². The van der Waals surface area contributed by atoms with Crippen molar-refractivity contribution in [3.05, 3.63) is 24.3 Å². The number of hydrogen-bond donors (Lipinski definition) is 3. The number of aliphatic hydroxyl groups is 1. The van der Waals surface area contributed by atoms with Crippen molar-refractivity contribution in [2.45, 2.75) is 44.1 Å². The highest BCUT2D eigenvalue weighted by atomic mass is 16.5. The van der Waals surface area contributed by atoms with E-state index in [0.29, 0.717) is 24.3 Å². The number of rotatable bonds is 5. The van der Waals surface area contributed by atoms with E-state index >= 15 is 0 Å². The van der Waals surface area contributed by atoms with Crippen LogP contribution in [0.4, 0.5) is 5.69 Å². The SMILES string of the molecule is COc1ccccc1NNC(=O)CC1(O)CCCCC1. The Kier molecular flexibility index (Phi) is 4.84. The number of carbonyl (C=O) groups excluding carboxylic acids is 1. The molecule has 20 heavy (non-hydrogen) atoms. The van der Waals surface area contributed by atoms with E-state index in [1.807, 2.05) is 24.3 Å². The molecule has 1 aromatic rings. The van der Waals surface area contributed by atoms with Crippen molar-refractivity contribution < 1.29 is 14.6 Å². The summed E-state index contributed by atoms with van der Waals surface area (Å²) in [5.74, 6) is 0.449. The Morgan fingerprint density at radius 2 is 2.00 bits per heavy atom. The van der Waals surface area contributed by atoms with E-state index < -0.39 is 5.60 Å². The van der Waals surface area contributed by atoms with Crippen molar-refractivity contribution in [1.82, 2.24) is 5.43 Å². The molecule has 1 aliphatic carbocycles. The van der Waals surface area contributed by atoms with Crippen LogP contribution in [0.15, 0.2) is 24.3 Å². The van der Waals surface area contributed by atoms with Crippen LogP contribution in [0.5, 0.6) is 5.75 Å². The fraction of sp³-hybridized carbons (Fsp3) is 0.533. The van der Waals surface area contributed by atoms with Gasteiger partial charge in [-0.1, -0.05) is 31.4 Å². The average Bonchev–Trinajstić information content (AvgIpc) is 2.45. The Balaban J connectivity index is 1.85. The number of hydrazine groups is 1. The van der Waals surface area contributed by atoms with E-state index in [-0.39, 0.29) is 12.3 Å². The molecule has 5 nitrogen and oxygen atoms in total. The lowest BCUT2D eigenvalue weighted by Crippen LogP contribution is -2.40. The maximum atomic E-state index is 11.9. The van der Waals surface area contributed by atoms with Crippen LogP contribution in [0.2, 0.25) is 0 Å². The van der Waals surface area contributed by atoms with Gasteiger partial charge in [0.15, 0.2) is 0 Å². The third-order valence-corrected chi connectivity index (χ3v) is 3.72. The van der Waals surface area contributed by atoms with Gasteiger partial charge in [-0.2, -0.15) is 0 Å². The molecule has 3 N–H and O–H groups in total. The molecule has 1 saturated carbocycles. The largest absolute Gasteiger partial charge is 0.495 e. The Hall–Kier alpha value is -1.75. The number of benzene rings is 1. The van der Waals surface area contributed by atoms with Crippen molar-refractivity contribution in [3.63, 3.8) is 0 Å². The zero-order valence-electron chi connectivity index (χ0n) is 11.8. The number of nitrogens with one attached hydrogen (secondary N) is 2. The number of para-hydroxylation sites is 2. The lowest BCUT2D eigenvalue weighted by molar-refractivity contribution is -0.126. The zero-order chi connectivity index (χ0) is 14.4. The van der Waals surface area contributed by atoms with Crippen molar-refractivity contribution >= 4 is 11.6 Å². The lowest BCUT2D eigenvalue weighted by atomic mass is 9.82. The minimum absolute atomic E-state index is 0.134. The molecule has 0 radical (unpaired) electrons. The van der Waals surface area contributed by atoms with Gasteiger partial charge in [0.1, 0.15) is 5.75 Å². The van der Waals surface area contributed by atoms with Gasteiger partial charge in [0.2, 0.25) is 5.91 Å². The van der Waals surface area contributed by atoms with Gasteiger partial charge in [0.25, 0.3) is 0 Å². The van der Waals surface area contributed by atoms with Crippen LogP contribution in [-0.2, 0) is 4.79 Å². The van der Waals surface area contributed by atoms with Crippen molar-refractivity contribution in [2.24, 2.45) is 0 Å². The molecule has 0 spiro atoms. The highest BCUT2D eigenvalue weighted by Crippen LogP contribution is 2.30. The lowest BCUT2D eigenvalue weighted by Gasteiger charge is -2.31. The number of hydrogen-bond acceptors (Lipinski definition) is 4. The summed E-state index contributed by atoms with van der Waals surface area (Å²) >= 11 is 0. The Morgan fingerprint density at radius 3 is 2.70 bits per heavy atom. The minimum Gasteiger partial charge on any atom is -0.495 e. The predicted molar refractivity (Wildman–Crippen MR) is 77.4 cm³/mol. The molecule has 0 unspecified atom stereocenters. The summed E-state index contributed by atoms with van der Waals surface area (Å²) in [4.78, 5) is 11.9. The number of amides is 1. The Labute approximate surface area is 119 Å². The van der Waals surface area contributed by atoms with E-state index in [4.69, 9.17) is 4.74 Å². The maximum absolute atomic E-state index is 11.9. The maximum Gasteiger partial charge on any atom is 0.241 e. The third-order valence-electron chi connectivity index (χ3n) is 3.72. The molecule has 1 aliphatic rings. The fourth-order valence-electron chi connectivity index (χ4n) is 2.61. The van der Waals surface area contributed by atoms with E-state index in [2.05, 4.69) is 10.9 Å². The summed E-state index contributed by atoms with van der Waals surface area (Å²) in [6.07, 6.45) is 4.66. The number of ether oxygens (including phenoxy) is 1. The van der Waals surface area contributed by atoms with Gasteiger partial charge in [-0.15, -0.1) is 0 Å². The molecule has 0 aromatic heterocycles. The molecule has 2 rings (SSSR count). The second-order valence-corrected chi connectivity index (χ2v) is 5.34. The molecule has 1 amide bonds. The van der Waals surface area contributed by atoms with E-state index in [1.165, 1.54) is 0 Å². The monoisotopic (exact) mass is 278 g/mol. The van der Waals surface area contributed by atoms with Crippen LogP contribution >= 0.6 is 0 Å². The van der Waals surface area contributed by atoms with Crippen LogP contribution in [0.3, 0.4) is 0 Å². The van der Waals surface area contributed by atoms with E-state index in [9.17, 15) is 9.90 Å². The molecule has 1 aromatic carbocycles. The summed E-state index contributed by atoms with van der Waals surface area (Å²) in [6, 6.07) is 7.33. The van der Waals surface area contributed by atoms with Crippen LogP contribution in [0.25, 0.3) is 0 Å². The number of methoxy groups -OCH3 is 1. The fourth-order valence-corrected chi connectivity index (χ4v) is 2.61. The van der Waals surface area contributed by atoms with Crippen molar-refractivity contribution in [3.8, 4) is 5.75 Å². The Morgan fingerprint density at radius 1 is 1.30 bits per heavy atom. The summed E-state index contributed by atoms with van der Waals surface area (Å²) < 4.78 is 5.18. The number of anilines is 1. The van der Waals surface area contributed by atoms with E-state index in [1.54, 1.807) is 7.11 Å². The molecule has 0 bridgehead atoms. The van der Waals surface area contributed by atoms with Gasteiger partial charge >= 0.3 is 0 Å². The second-order valence-electron chi connectivity index (χ2n) is 5.34. The van der Waals surface area contributed by atoms with Gasteiger partial charge in [-0.25, -0.2) is 0 Å². The topological polar surface area (TPSA) is 70.6 Å². The second kappa shape index (κ2) is 6.61. The molecular formula is C15H22N2O3. The smallest absolute Gasteiger partial charge is 0.241 e. The molecule has 1 fully saturated rings. The van der Waals surface area contributed by atoms with E-state index in [0.717, 1.165) is 19.3 Å². The van der Waals surface area contributed by atoms with Crippen LogP contribution in [0.1, 0.15) is 38.5 Å². The molecule has 110 valence electrons. The molecule has 0 heterocycles. The first-order chi connectivity index (χ1) is 9.63. The molecule has 0 saturated heterocycles. The molecule has 0 atom stereocenters. The molecule has 0 aliphatic heterocycles. The first-order valence-corrected chi connectivity index (χ1v) is 7.03. The first kappa shape index (κ1) is 14.7. The highest BCUT2D eigenvalue weighted by Gasteiger charge is 2.31.